The topological polar surface area (TPSA) is 127 Å². The van der Waals surface area contributed by atoms with Crippen LogP contribution in [0.3, 0.4) is 0 Å². The van der Waals surface area contributed by atoms with Gasteiger partial charge in [0.1, 0.15) is 30.0 Å². The molecule has 0 saturated carbocycles. The van der Waals surface area contributed by atoms with Gasteiger partial charge >= 0.3 is 5.97 Å². The average Bonchev–Trinajstić information content (AvgIpc) is 3.29. The summed E-state index contributed by atoms with van der Waals surface area (Å²) < 4.78 is 23.2. The minimum absolute atomic E-state index is 0.0369. The van der Waals surface area contributed by atoms with Gasteiger partial charge < -0.3 is 39.6 Å². The molecule has 3 aromatic rings. The number of methoxy groups -OCH3 is 1. The molecule has 9 heteroatoms. The van der Waals surface area contributed by atoms with Crippen LogP contribution in [0.5, 0.6) is 28.7 Å². The van der Waals surface area contributed by atoms with Gasteiger partial charge in [0.15, 0.2) is 18.3 Å². The van der Waals surface area contributed by atoms with Crippen molar-refractivity contribution in [1.82, 2.24) is 5.32 Å². The van der Waals surface area contributed by atoms with Crippen molar-refractivity contribution in [3.05, 3.63) is 64.2 Å². The summed E-state index contributed by atoms with van der Waals surface area (Å²) in [4.78, 5) is 11.8. The number of fused-ring (bicyclic) bond motifs is 5. The van der Waals surface area contributed by atoms with Gasteiger partial charge in [0.05, 0.1) is 13.0 Å². The summed E-state index contributed by atoms with van der Waals surface area (Å²) in [6.07, 6.45) is 0.823. The molecule has 2 aliphatic rings. The monoisotopic (exact) mass is 535 g/mol. The molecule has 39 heavy (non-hydrogen) atoms. The highest BCUT2D eigenvalue weighted by Gasteiger charge is 2.41. The Morgan fingerprint density at radius 3 is 2.64 bits per heavy atom. The lowest BCUT2D eigenvalue weighted by Gasteiger charge is -2.25. The molecule has 3 aromatic carbocycles. The fraction of sp³-hybridized carbons (Fsp3) is 0.367. The number of ether oxygens (including phenoxy) is 4. The van der Waals surface area contributed by atoms with Gasteiger partial charge in [-0.05, 0) is 54.3 Å². The summed E-state index contributed by atoms with van der Waals surface area (Å²) in [6, 6.07) is 10.7. The van der Waals surface area contributed by atoms with E-state index in [0.29, 0.717) is 30.9 Å². The number of hydrogen-bond donors (Lipinski definition) is 4. The van der Waals surface area contributed by atoms with Crippen LogP contribution in [-0.2, 0) is 28.9 Å². The van der Waals surface area contributed by atoms with E-state index in [1.807, 2.05) is 19.1 Å². The smallest absolute Gasteiger partial charge is 0.302 e. The third-order valence-corrected chi connectivity index (χ3v) is 7.38. The number of aryl methyl sites for hydroxylation is 1. The fourth-order valence-corrected chi connectivity index (χ4v) is 5.67. The lowest BCUT2D eigenvalue weighted by atomic mass is 9.81. The van der Waals surface area contributed by atoms with E-state index in [1.165, 1.54) is 20.1 Å². The highest BCUT2D eigenvalue weighted by Crippen LogP contribution is 2.54. The van der Waals surface area contributed by atoms with E-state index in [-0.39, 0.29) is 30.0 Å². The van der Waals surface area contributed by atoms with Gasteiger partial charge in [0, 0.05) is 41.8 Å². The Balaban J connectivity index is 1.64. The Labute approximate surface area is 226 Å². The first-order chi connectivity index (χ1) is 18.9. The molecule has 0 spiro atoms. The summed E-state index contributed by atoms with van der Waals surface area (Å²) in [5.41, 5.74) is 6.24. The normalized spacial score (nSPS) is 17.0. The molecule has 0 saturated heterocycles. The van der Waals surface area contributed by atoms with Crippen molar-refractivity contribution in [2.45, 2.75) is 45.3 Å². The number of carbonyl (C=O) groups is 1. The molecule has 2 atom stereocenters. The van der Waals surface area contributed by atoms with E-state index in [9.17, 15) is 20.1 Å². The fourth-order valence-electron chi connectivity index (χ4n) is 5.67. The second kappa shape index (κ2) is 11.0. The molecule has 5 rings (SSSR count). The first-order valence-corrected chi connectivity index (χ1v) is 13.0. The van der Waals surface area contributed by atoms with Crippen LogP contribution in [-0.4, -0.2) is 48.3 Å². The van der Waals surface area contributed by atoms with E-state index >= 15 is 0 Å². The van der Waals surface area contributed by atoms with Gasteiger partial charge in [-0.1, -0.05) is 19.1 Å². The number of esters is 1. The number of aromatic hydroxyl groups is 2. The van der Waals surface area contributed by atoms with Crippen LogP contribution in [0.15, 0.2) is 36.4 Å². The van der Waals surface area contributed by atoms with Crippen molar-refractivity contribution in [3.63, 3.8) is 0 Å². The predicted molar refractivity (Wildman–Crippen MR) is 143 cm³/mol. The number of phenols is 2. The third-order valence-electron chi connectivity index (χ3n) is 7.38. The van der Waals surface area contributed by atoms with Crippen LogP contribution in [0, 0.1) is 0 Å². The maximum Gasteiger partial charge on any atom is 0.302 e. The second-order valence-corrected chi connectivity index (χ2v) is 9.71. The number of phenolic OH excluding ortho intramolecular Hbond substituents is 2. The minimum atomic E-state index is -0.517. The predicted octanol–water partition coefficient (Wildman–Crippen LogP) is 4.09. The van der Waals surface area contributed by atoms with Gasteiger partial charge in [-0.3, -0.25) is 4.79 Å². The number of aliphatic hydroxyl groups excluding tert-OH is 1. The summed E-state index contributed by atoms with van der Waals surface area (Å²) in [5.74, 6) is 0.899. The molecule has 0 aromatic heterocycles. The first-order valence-electron chi connectivity index (χ1n) is 13.0. The van der Waals surface area contributed by atoms with Crippen LogP contribution in [0.25, 0.3) is 11.1 Å². The molecule has 0 amide bonds. The maximum atomic E-state index is 11.8. The number of benzene rings is 3. The van der Waals surface area contributed by atoms with E-state index in [0.717, 1.165) is 51.2 Å². The second-order valence-electron chi connectivity index (χ2n) is 9.71. The maximum absolute atomic E-state index is 11.8. The van der Waals surface area contributed by atoms with Gasteiger partial charge in [0.25, 0.3) is 0 Å². The molecule has 1 aliphatic carbocycles. The Bertz CT molecular complexity index is 1400. The zero-order valence-electron chi connectivity index (χ0n) is 22.2. The van der Waals surface area contributed by atoms with Crippen LogP contribution in [0.1, 0.15) is 53.7 Å². The number of rotatable bonds is 9. The van der Waals surface area contributed by atoms with Crippen molar-refractivity contribution in [2.24, 2.45) is 0 Å². The molecule has 0 fully saturated rings. The minimum Gasteiger partial charge on any atom is -0.508 e. The molecule has 9 nitrogen and oxygen atoms in total. The summed E-state index contributed by atoms with van der Waals surface area (Å²) >= 11 is 0. The molecular formula is C30H33NO8. The molecule has 0 unspecified atom stereocenters. The Kier molecular flexibility index (Phi) is 7.54. The molecule has 0 bridgehead atoms. The zero-order chi connectivity index (χ0) is 27.7. The molecule has 4 N–H and O–H groups in total. The largest absolute Gasteiger partial charge is 0.508 e. The quantitative estimate of drug-likeness (QED) is 0.237. The highest BCUT2D eigenvalue weighted by molar-refractivity contribution is 5.82. The molecular weight excluding hydrogens is 502 g/mol. The van der Waals surface area contributed by atoms with E-state index in [1.54, 1.807) is 18.2 Å². The van der Waals surface area contributed by atoms with Crippen molar-refractivity contribution < 1.29 is 39.1 Å². The Hall–Kier alpha value is -3.95. The number of nitrogens with one attached hydrogen (secondary N) is 1. The summed E-state index contributed by atoms with van der Waals surface area (Å²) in [7, 11) is 1.50. The van der Waals surface area contributed by atoms with Crippen molar-refractivity contribution in [2.75, 3.05) is 27.1 Å². The lowest BCUT2D eigenvalue weighted by molar-refractivity contribution is -0.141. The van der Waals surface area contributed by atoms with Gasteiger partial charge in [-0.2, -0.15) is 0 Å². The van der Waals surface area contributed by atoms with Gasteiger partial charge in [-0.15, -0.1) is 0 Å². The van der Waals surface area contributed by atoms with Gasteiger partial charge in [-0.25, -0.2) is 0 Å². The highest BCUT2D eigenvalue weighted by atomic mass is 16.6. The third kappa shape index (κ3) is 4.95. The Morgan fingerprint density at radius 2 is 1.92 bits per heavy atom. The molecule has 1 aliphatic heterocycles. The average molecular weight is 536 g/mol. The summed E-state index contributed by atoms with van der Waals surface area (Å²) in [5, 5.41) is 33.5. The summed E-state index contributed by atoms with van der Waals surface area (Å²) in [6.45, 7) is 4.25. The van der Waals surface area contributed by atoms with E-state index in [2.05, 4.69) is 5.32 Å². The number of aliphatic hydroxyl groups is 1. The van der Waals surface area contributed by atoms with E-state index in [4.69, 9.17) is 18.9 Å². The molecule has 0 radical (unpaired) electrons. The first kappa shape index (κ1) is 26.6. The van der Waals surface area contributed by atoms with Crippen LogP contribution in [0.4, 0.5) is 0 Å². The van der Waals surface area contributed by atoms with Crippen LogP contribution < -0.4 is 19.5 Å². The standard InChI is InChI=1S/C30H33NO8/c1-4-31-13-18-10-25(35)26(36-3)12-23(18)30-24(14-37-16(2)33)22-8-7-20-21(29(22)39-30)6-5-17-9-19(34)11-27(28(17)20)38-15-32/h7-12,24,30-32,34-35H,4-6,13-15H2,1-3H3/t24-,30-/m0/s1. The number of carbonyl (C=O) groups excluding carboxylic acids is 1. The van der Waals surface area contributed by atoms with E-state index < -0.39 is 12.9 Å². The molecule has 206 valence electrons. The van der Waals surface area contributed by atoms with Crippen molar-refractivity contribution >= 4 is 5.97 Å². The Morgan fingerprint density at radius 1 is 1.10 bits per heavy atom. The van der Waals surface area contributed by atoms with Crippen LogP contribution >= 0.6 is 0 Å². The number of hydrogen-bond acceptors (Lipinski definition) is 9. The molecule has 1 heterocycles. The van der Waals surface area contributed by atoms with Crippen LogP contribution in [0.2, 0.25) is 0 Å². The SMILES string of the molecule is CCNCc1cc(O)c(OC)cc1[C@@H]1Oc2c(ccc3c2CCc2cc(O)cc(OCO)c2-3)[C@@H]1COC(C)=O. The van der Waals surface area contributed by atoms with Crippen molar-refractivity contribution in [3.8, 4) is 39.9 Å². The lowest BCUT2D eigenvalue weighted by Crippen LogP contribution is -2.20. The van der Waals surface area contributed by atoms with Gasteiger partial charge in [0.2, 0.25) is 0 Å². The zero-order valence-corrected chi connectivity index (χ0v) is 22.2. The van der Waals surface area contributed by atoms with Crippen molar-refractivity contribution in [1.29, 1.82) is 0 Å².